The highest BCUT2D eigenvalue weighted by molar-refractivity contribution is 6.10. The Morgan fingerprint density at radius 1 is 1.23 bits per heavy atom. The van der Waals surface area contributed by atoms with E-state index in [0.717, 1.165) is 37.1 Å². The zero-order chi connectivity index (χ0) is 30.2. The van der Waals surface area contributed by atoms with Crippen LogP contribution in [0.15, 0.2) is 65.5 Å². The highest BCUT2D eigenvalue weighted by Gasteiger charge is 2.43. The lowest BCUT2D eigenvalue weighted by atomic mass is 9.71. The number of fused-ring (bicyclic) bond motifs is 4. The minimum absolute atomic E-state index is 0.0479. The van der Waals surface area contributed by atoms with Gasteiger partial charge in [-0.1, -0.05) is 6.58 Å². The fraction of sp³-hybridized carbons (Fsp3) is 0.312. The smallest absolute Gasteiger partial charge is 0.246 e. The van der Waals surface area contributed by atoms with Crippen LogP contribution >= 0.6 is 0 Å². The van der Waals surface area contributed by atoms with Gasteiger partial charge in [-0.2, -0.15) is 0 Å². The molecule has 11 heteroatoms. The van der Waals surface area contributed by atoms with Crippen molar-refractivity contribution >= 4 is 41.0 Å². The van der Waals surface area contributed by atoms with Crippen molar-refractivity contribution in [1.29, 1.82) is 0 Å². The first-order valence-electron chi connectivity index (χ1n) is 14.2. The van der Waals surface area contributed by atoms with Crippen LogP contribution in [0.2, 0.25) is 0 Å². The Balaban J connectivity index is 1.26. The number of halogens is 1. The first kappa shape index (κ1) is 28.2. The molecule has 3 aromatic heterocycles. The van der Waals surface area contributed by atoms with Gasteiger partial charge in [0.15, 0.2) is 11.5 Å². The number of aromatic nitrogens is 4. The van der Waals surface area contributed by atoms with Gasteiger partial charge in [-0.3, -0.25) is 14.8 Å². The van der Waals surface area contributed by atoms with E-state index >= 15 is 4.39 Å². The van der Waals surface area contributed by atoms with Crippen LogP contribution in [0.4, 0.5) is 15.8 Å². The lowest BCUT2D eigenvalue weighted by molar-refractivity contribution is -0.134. The summed E-state index contributed by atoms with van der Waals surface area (Å²) in [5.74, 6) is 1.07. The topological polar surface area (TPSA) is 110 Å². The minimum Gasteiger partial charge on any atom is -0.455 e. The van der Waals surface area contributed by atoms with E-state index in [1.54, 1.807) is 31.7 Å². The molecule has 2 aliphatic heterocycles. The molecule has 1 amide bonds. The third-order valence-electron chi connectivity index (χ3n) is 8.40. The molecule has 4 aromatic rings. The molecular weight excluding hydrogens is 547 g/mol. The van der Waals surface area contributed by atoms with Crippen molar-refractivity contribution in [2.75, 3.05) is 18.9 Å². The van der Waals surface area contributed by atoms with Crippen molar-refractivity contribution in [3.8, 4) is 11.5 Å². The summed E-state index contributed by atoms with van der Waals surface area (Å²) < 4.78 is 23.3. The number of amides is 1. The van der Waals surface area contributed by atoms with Crippen molar-refractivity contribution in [3.05, 3.63) is 78.3 Å². The Labute approximate surface area is 249 Å². The van der Waals surface area contributed by atoms with Crippen molar-refractivity contribution in [1.82, 2.24) is 24.4 Å². The van der Waals surface area contributed by atoms with Crippen LogP contribution in [-0.4, -0.2) is 62.5 Å². The molecule has 3 aliphatic rings. The molecule has 3 fully saturated rings. The Morgan fingerprint density at radius 3 is 2.81 bits per heavy atom. The van der Waals surface area contributed by atoms with Crippen molar-refractivity contribution < 1.29 is 13.9 Å². The number of aliphatic imine (C=N–C) groups is 2. The number of pyridine rings is 2. The molecule has 43 heavy (non-hydrogen) atoms. The second kappa shape index (κ2) is 11.4. The number of ether oxygens (including phenoxy) is 1. The van der Waals surface area contributed by atoms with Gasteiger partial charge in [0, 0.05) is 50.4 Å². The summed E-state index contributed by atoms with van der Waals surface area (Å²) in [6.45, 7) is 9.98. The van der Waals surface area contributed by atoms with Gasteiger partial charge in [0.2, 0.25) is 5.91 Å². The van der Waals surface area contributed by atoms with E-state index in [2.05, 4.69) is 38.6 Å². The zero-order valence-electron chi connectivity index (χ0n) is 24.4. The molecule has 1 aromatic carbocycles. The largest absolute Gasteiger partial charge is 0.455 e. The molecule has 0 radical (unpaired) electrons. The Morgan fingerprint density at radius 2 is 2.07 bits per heavy atom. The van der Waals surface area contributed by atoms with Crippen LogP contribution in [0.3, 0.4) is 0 Å². The van der Waals surface area contributed by atoms with E-state index in [0.29, 0.717) is 45.7 Å². The summed E-state index contributed by atoms with van der Waals surface area (Å²) in [5.41, 5.74) is 4.16. The molecule has 0 unspecified atom stereocenters. The van der Waals surface area contributed by atoms with Gasteiger partial charge in [-0.05, 0) is 68.7 Å². The molecule has 0 spiro atoms. The number of aryl methyl sites for hydroxylation is 2. The highest BCUT2D eigenvalue weighted by atomic mass is 19.1. The summed E-state index contributed by atoms with van der Waals surface area (Å²) in [5, 5.41) is 3.11. The van der Waals surface area contributed by atoms with Crippen molar-refractivity contribution in [2.45, 2.75) is 38.1 Å². The number of nitrogens with zero attached hydrogens (tertiary/aromatic N) is 7. The Kier molecular flexibility index (Phi) is 7.47. The van der Waals surface area contributed by atoms with E-state index in [9.17, 15) is 4.79 Å². The number of amidine groups is 1. The number of benzene rings is 1. The fourth-order valence-electron chi connectivity index (χ4n) is 6.26. The Hall–Kier alpha value is -4.93. The minimum atomic E-state index is -0.527. The second-order valence-electron chi connectivity index (χ2n) is 11.1. The number of carbonyl (C=O) groups excluding carboxylic acids is 1. The fourth-order valence-corrected chi connectivity index (χ4v) is 6.26. The van der Waals surface area contributed by atoms with Gasteiger partial charge in [0.25, 0.3) is 0 Å². The van der Waals surface area contributed by atoms with Crippen LogP contribution in [-0.2, 0) is 11.8 Å². The molecule has 3 atom stereocenters. The number of hydrogen-bond acceptors (Lipinski definition) is 7. The second-order valence-corrected chi connectivity index (χ2v) is 11.1. The molecule has 2 bridgehead atoms. The SMILES string of the molecule is C=CC(=O)N1C[C@H]2CC[C@@H]1[C@@H](c1ccc(N=C)c(/C(=N\C)Nc3cc(C)c(Oc4cnc5c(c4)ncn5C)cc3F)n1)C2. The van der Waals surface area contributed by atoms with E-state index in [1.807, 2.05) is 35.6 Å². The average Bonchev–Trinajstić information content (AvgIpc) is 3.40. The van der Waals surface area contributed by atoms with Gasteiger partial charge < -0.3 is 19.5 Å². The average molecular weight is 581 g/mol. The predicted octanol–water partition coefficient (Wildman–Crippen LogP) is 5.70. The molecule has 1 saturated carbocycles. The lowest BCUT2D eigenvalue weighted by Crippen LogP contribution is -2.54. The van der Waals surface area contributed by atoms with Crippen molar-refractivity contribution in [2.24, 2.45) is 23.0 Å². The molecule has 10 nitrogen and oxygen atoms in total. The summed E-state index contributed by atoms with van der Waals surface area (Å²) in [7, 11) is 3.47. The maximum absolute atomic E-state index is 15.5. The zero-order valence-corrected chi connectivity index (χ0v) is 24.4. The predicted molar refractivity (Wildman–Crippen MR) is 165 cm³/mol. The van der Waals surface area contributed by atoms with Gasteiger partial charge in [0.1, 0.15) is 28.5 Å². The number of piperidine rings is 2. The number of hydrogen-bond donors (Lipinski definition) is 1. The summed E-state index contributed by atoms with van der Waals surface area (Å²) in [4.78, 5) is 36.7. The molecule has 1 aliphatic carbocycles. The molecule has 220 valence electrons. The van der Waals surface area contributed by atoms with Gasteiger partial charge in [-0.15, -0.1) is 0 Å². The summed E-state index contributed by atoms with van der Waals surface area (Å²) >= 11 is 0. The van der Waals surface area contributed by atoms with Crippen LogP contribution in [0, 0.1) is 18.7 Å². The normalized spacial score (nSPS) is 19.9. The van der Waals surface area contributed by atoms with E-state index in [1.165, 1.54) is 12.1 Å². The van der Waals surface area contributed by atoms with Crippen molar-refractivity contribution in [3.63, 3.8) is 0 Å². The van der Waals surface area contributed by atoms with Gasteiger partial charge in [0.05, 0.1) is 23.9 Å². The number of rotatable bonds is 7. The monoisotopic (exact) mass is 580 g/mol. The van der Waals surface area contributed by atoms with E-state index in [-0.39, 0.29) is 23.6 Å². The first-order chi connectivity index (χ1) is 20.8. The van der Waals surface area contributed by atoms with Crippen LogP contribution in [0.25, 0.3) is 11.2 Å². The third kappa shape index (κ3) is 5.26. The van der Waals surface area contributed by atoms with Crippen LogP contribution in [0.5, 0.6) is 11.5 Å². The van der Waals surface area contributed by atoms with Crippen LogP contribution < -0.4 is 10.1 Å². The highest BCUT2D eigenvalue weighted by Crippen LogP contribution is 2.44. The molecular formula is C32H33FN8O2. The molecule has 2 saturated heterocycles. The molecule has 1 N–H and O–H groups in total. The number of carbonyl (C=O) groups is 1. The molecule has 5 heterocycles. The van der Waals surface area contributed by atoms with E-state index in [4.69, 9.17) is 9.72 Å². The quantitative estimate of drug-likeness (QED) is 0.171. The number of anilines is 1. The summed E-state index contributed by atoms with van der Waals surface area (Å²) in [6, 6.07) is 8.59. The lowest BCUT2D eigenvalue weighted by Gasteiger charge is -2.49. The first-order valence-corrected chi connectivity index (χ1v) is 14.2. The van der Waals surface area contributed by atoms with Gasteiger partial charge >= 0.3 is 0 Å². The Bertz CT molecular complexity index is 1780. The maximum Gasteiger partial charge on any atom is 0.246 e. The number of nitrogens with one attached hydrogen (secondary N) is 1. The third-order valence-corrected chi connectivity index (χ3v) is 8.40. The molecule has 7 rings (SSSR count). The van der Waals surface area contributed by atoms with Crippen LogP contribution in [0.1, 0.15) is 42.1 Å². The number of imidazole rings is 1. The summed E-state index contributed by atoms with van der Waals surface area (Å²) in [6.07, 6.45) is 7.61. The maximum atomic E-state index is 15.5. The standard InChI is InChI=1S/C32H33FN8O2/c1-6-29(42)41-16-19-7-10-27(41)21(12-19)23-8-9-24(34-3)30(38-23)31(35-4)39-25-11-18(2)28(14-22(25)33)43-20-13-26-32(36-15-20)40(5)17-37-26/h6,8-9,11,13-15,17,19,21,27H,1,3,7,10,12,16H2,2,4-5H3,(H,35,39)/t19-,21+,27+/m0/s1. The van der Waals surface area contributed by atoms with Gasteiger partial charge in [-0.25, -0.2) is 19.3 Å². The van der Waals surface area contributed by atoms with E-state index < -0.39 is 5.82 Å².